The van der Waals surface area contributed by atoms with E-state index in [9.17, 15) is 14.4 Å². The molecule has 0 radical (unpaired) electrons. The standard InChI is InChI=1S/C19H19N3O4/c1-13(15-6-4-3-5-7-15)21-17(23)18(24)22-20-12-14-8-10-16(11-9-14)19(25)26-2/h3-13H,1-2H3,(H,21,23)(H,22,24). The molecule has 0 fully saturated rings. The molecule has 1 atom stereocenters. The Hall–Kier alpha value is -3.48. The fraction of sp³-hybridized carbons (Fsp3) is 0.158. The lowest BCUT2D eigenvalue weighted by Crippen LogP contribution is -2.39. The number of nitrogens with zero attached hydrogens (tertiary/aromatic N) is 1. The van der Waals surface area contributed by atoms with Crippen molar-refractivity contribution in [2.75, 3.05) is 7.11 Å². The van der Waals surface area contributed by atoms with Crippen molar-refractivity contribution in [1.29, 1.82) is 0 Å². The summed E-state index contributed by atoms with van der Waals surface area (Å²) in [5, 5.41) is 6.33. The fourth-order valence-corrected chi connectivity index (χ4v) is 2.13. The monoisotopic (exact) mass is 353 g/mol. The maximum absolute atomic E-state index is 11.9. The van der Waals surface area contributed by atoms with Gasteiger partial charge in [0.25, 0.3) is 0 Å². The Morgan fingerprint density at radius 2 is 1.65 bits per heavy atom. The van der Waals surface area contributed by atoms with Crippen LogP contribution in [-0.2, 0) is 14.3 Å². The summed E-state index contributed by atoms with van der Waals surface area (Å²) in [6, 6.07) is 15.4. The molecule has 0 heterocycles. The second kappa shape index (κ2) is 9.12. The highest BCUT2D eigenvalue weighted by molar-refractivity contribution is 6.35. The Kier molecular flexibility index (Phi) is 6.61. The van der Waals surface area contributed by atoms with Gasteiger partial charge < -0.3 is 10.1 Å². The van der Waals surface area contributed by atoms with E-state index in [4.69, 9.17) is 0 Å². The van der Waals surface area contributed by atoms with Crippen LogP contribution in [0.4, 0.5) is 0 Å². The molecule has 7 nitrogen and oxygen atoms in total. The van der Waals surface area contributed by atoms with Crippen LogP contribution >= 0.6 is 0 Å². The summed E-state index contributed by atoms with van der Waals surface area (Å²) in [6.07, 6.45) is 1.37. The van der Waals surface area contributed by atoms with Crippen molar-refractivity contribution < 1.29 is 19.1 Å². The molecule has 0 saturated carbocycles. The lowest BCUT2D eigenvalue weighted by atomic mass is 10.1. The van der Waals surface area contributed by atoms with E-state index >= 15 is 0 Å². The molecule has 0 bridgehead atoms. The predicted octanol–water partition coefficient (Wildman–Crippen LogP) is 1.80. The third-order valence-corrected chi connectivity index (χ3v) is 3.56. The Morgan fingerprint density at radius 1 is 1.00 bits per heavy atom. The maximum Gasteiger partial charge on any atom is 0.337 e. The van der Waals surface area contributed by atoms with Crippen molar-refractivity contribution in [3.63, 3.8) is 0 Å². The third kappa shape index (κ3) is 5.27. The Labute approximate surface area is 151 Å². The molecule has 1 unspecified atom stereocenters. The van der Waals surface area contributed by atoms with Crippen molar-refractivity contribution in [2.24, 2.45) is 5.10 Å². The number of hydrazone groups is 1. The summed E-state index contributed by atoms with van der Waals surface area (Å²) in [4.78, 5) is 35.0. The lowest BCUT2D eigenvalue weighted by Gasteiger charge is -2.13. The molecule has 26 heavy (non-hydrogen) atoms. The Morgan fingerprint density at radius 3 is 2.27 bits per heavy atom. The molecule has 0 aliphatic rings. The number of benzene rings is 2. The van der Waals surface area contributed by atoms with E-state index in [0.29, 0.717) is 11.1 Å². The van der Waals surface area contributed by atoms with E-state index in [1.54, 1.807) is 31.2 Å². The average molecular weight is 353 g/mol. The van der Waals surface area contributed by atoms with E-state index in [-0.39, 0.29) is 6.04 Å². The molecular weight excluding hydrogens is 334 g/mol. The van der Waals surface area contributed by atoms with Gasteiger partial charge in [0.05, 0.1) is 24.9 Å². The first-order chi connectivity index (χ1) is 12.5. The number of nitrogens with one attached hydrogen (secondary N) is 2. The minimum absolute atomic E-state index is 0.302. The third-order valence-electron chi connectivity index (χ3n) is 3.56. The number of rotatable bonds is 5. The van der Waals surface area contributed by atoms with Crippen LogP contribution in [0.2, 0.25) is 0 Å². The molecule has 7 heteroatoms. The molecule has 0 aromatic heterocycles. The van der Waals surface area contributed by atoms with Gasteiger partial charge in [-0.25, -0.2) is 10.2 Å². The minimum Gasteiger partial charge on any atom is -0.465 e. The van der Waals surface area contributed by atoms with Crippen LogP contribution in [0.1, 0.15) is 34.5 Å². The number of hydrogen-bond donors (Lipinski definition) is 2. The van der Waals surface area contributed by atoms with Crippen LogP contribution in [-0.4, -0.2) is 31.1 Å². The van der Waals surface area contributed by atoms with Crippen molar-refractivity contribution in [3.8, 4) is 0 Å². The molecule has 2 rings (SSSR count). The van der Waals surface area contributed by atoms with Gasteiger partial charge in [-0.1, -0.05) is 42.5 Å². The predicted molar refractivity (Wildman–Crippen MR) is 96.5 cm³/mol. The van der Waals surface area contributed by atoms with Gasteiger partial charge in [0.2, 0.25) is 0 Å². The molecule has 0 aliphatic carbocycles. The fourth-order valence-electron chi connectivity index (χ4n) is 2.13. The Bertz CT molecular complexity index is 801. The first kappa shape index (κ1) is 18.9. The Balaban J connectivity index is 1.86. The number of carbonyl (C=O) groups excluding carboxylic acids is 3. The van der Waals surface area contributed by atoms with Crippen molar-refractivity contribution >= 4 is 24.0 Å². The van der Waals surface area contributed by atoms with Gasteiger partial charge >= 0.3 is 17.8 Å². The molecule has 0 saturated heterocycles. The average Bonchev–Trinajstić information content (AvgIpc) is 2.68. The molecule has 0 aliphatic heterocycles. The topological polar surface area (TPSA) is 96.9 Å². The van der Waals surface area contributed by atoms with E-state index in [1.807, 2.05) is 30.3 Å². The summed E-state index contributed by atoms with van der Waals surface area (Å²) < 4.78 is 4.60. The highest BCUT2D eigenvalue weighted by Crippen LogP contribution is 2.10. The van der Waals surface area contributed by atoms with Crippen LogP contribution in [0, 0.1) is 0 Å². The van der Waals surface area contributed by atoms with Gasteiger partial charge in [-0.3, -0.25) is 9.59 Å². The van der Waals surface area contributed by atoms with Crippen molar-refractivity contribution in [2.45, 2.75) is 13.0 Å². The van der Waals surface area contributed by atoms with Crippen LogP contribution in [0.3, 0.4) is 0 Å². The van der Waals surface area contributed by atoms with Gasteiger partial charge in [-0.2, -0.15) is 5.10 Å². The molecule has 134 valence electrons. The molecule has 2 amide bonds. The molecule has 0 spiro atoms. The van der Waals surface area contributed by atoms with E-state index < -0.39 is 17.8 Å². The number of amides is 2. The highest BCUT2D eigenvalue weighted by atomic mass is 16.5. The lowest BCUT2D eigenvalue weighted by molar-refractivity contribution is -0.139. The summed E-state index contributed by atoms with van der Waals surface area (Å²) in [5.41, 5.74) is 4.11. The zero-order chi connectivity index (χ0) is 18.9. The smallest absolute Gasteiger partial charge is 0.337 e. The highest BCUT2D eigenvalue weighted by Gasteiger charge is 2.16. The van der Waals surface area contributed by atoms with Crippen LogP contribution in [0.25, 0.3) is 0 Å². The zero-order valence-electron chi connectivity index (χ0n) is 14.4. The minimum atomic E-state index is -0.866. The van der Waals surface area contributed by atoms with Crippen LogP contribution in [0.5, 0.6) is 0 Å². The van der Waals surface area contributed by atoms with Gasteiger partial charge in [0.1, 0.15) is 0 Å². The van der Waals surface area contributed by atoms with E-state index in [1.165, 1.54) is 13.3 Å². The molecule has 2 aromatic carbocycles. The first-order valence-corrected chi connectivity index (χ1v) is 7.88. The van der Waals surface area contributed by atoms with Crippen LogP contribution in [0.15, 0.2) is 59.7 Å². The van der Waals surface area contributed by atoms with Crippen molar-refractivity contribution in [3.05, 3.63) is 71.3 Å². The number of methoxy groups -OCH3 is 1. The number of ether oxygens (including phenoxy) is 1. The summed E-state index contributed by atoms with van der Waals surface area (Å²) in [5.74, 6) is -2.08. The molecule has 2 N–H and O–H groups in total. The molecule has 2 aromatic rings. The molecular formula is C19H19N3O4. The normalized spacial score (nSPS) is 11.6. The van der Waals surface area contributed by atoms with Gasteiger partial charge in [-0.05, 0) is 30.2 Å². The summed E-state index contributed by atoms with van der Waals surface area (Å²) in [6.45, 7) is 1.78. The number of carbonyl (C=O) groups is 3. The zero-order valence-corrected chi connectivity index (χ0v) is 14.4. The second-order valence-corrected chi connectivity index (χ2v) is 5.42. The van der Waals surface area contributed by atoms with Gasteiger partial charge in [-0.15, -0.1) is 0 Å². The van der Waals surface area contributed by atoms with E-state index in [2.05, 4.69) is 20.6 Å². The summed E-state index contributed by atoms with van der Waals surface area (Å²) >= 11 is 0. The number of esters is 1. The van der Waals surface area contributed by atoms with Crippen molar-refractivity contribution in [1.82, 2.24) is 10.7 Å². The second-order valence-electron chi connectivity index (χ2n) is 5.42. The SMILES string of the molecule is COC(=O)c1ccc(C=NNC(=O)C(=O)NC(C)c2ccccc2)cc1. The maximum atomic E-state index is 11.9. The van der Waals surface area contributed by atoms with Gasteiger partial charge in [0.15, 0.2) is 0 Å². The van der Waals surface area contributed by atoms with E-state index in [0.717, 1.165) is 5.56 Å². The first-order valence-electron chi connectivity index (χ1n) is 7.88. The summed E-state index contributed by atoms with van der Waals surface area (Å²) in [7, 11) is 1.30. The quantitative estimate of drug-likeness (QED) is 0.371. The van der Waals surface area contributed by atoms with Crippen LogP contribution < -0.4 is 10.7 Å². The number of hydrogen-bond acceptors (Lipinski definition) is 5. The largest absolute Gasteiger partial charge is 0.465 e. The van der Waals surface area contributed by atoms with Gasteiger partial charge in [0, 0.05) is 0 Å².